The molecule has 1 atom stereocenters. The van der Waals surface area contributed by atoms with Crippen molar-refractivity contribution in [1.82, 2.24) is 14.9 Å². The van der Waals surface area contributed by atoms with Crippen LogP contribution in [0.15, 0.2) is 40.8 Å². The lowest BCUT2D eigenvalue weighted by Crippen LogP contribution is -2.32. The van der Waals surface area contributed by atoms with Crippen LogP contribution in [-0.2, 0) is 7.05 Å². The Bertz CT molecular complexity index is 945. The number of aryl methyl sites for hydroxylation is 2. The molecule has 0 radical (unpaired) electrons. The smallest absolute Gasteiger partial charge is 0.257 e. The van der Waals surface area contributed by atoms with E-state index in [0.717, 1.165) is 16.1 Å². The van der Waals surface area contributed by atoms with Crippen LogP contribution in [0, 0.1) is 6.92 Å². The van der Waals surface area contributed by atoms with E-state index in [1.165, 1.54) is 11.3 Å². The van der Waals surface area contributed by atoms with Gasteiger partial charge in [-0.2, -0.15) is 0 Å². The van der Waals surface area contributed by atoms with Gasteiger partial charge in [-0.1, -0.05) is 18.6 Å². The summed E-state index contributed by atoms with van der Waals surface area (Å²) in [6, 6.07) is 5.50. The molecule has 2 heterocycles. The van der Waals surface area contributed by atoms with Gasteiger partial charge in [0.25, 0.3) is 5.91 Å². The summed E-state index contributed by atoms with van der Waals surface area (Å²) in [5.74, 6) is -0.360. The number of rotatable bonds is 4. The van der Waals surface area contributed by atoms with Crippen LogP contribution in [0.3, 0.4) is 0 Å². The molecule has 1 N–H and O–H groups in total. The van der Waals surface area contributed by atoms with Crippen LogP contribution in [0.25, 0.3) is 10.9 Å². The van der Waals surface area contributed by atoms with Gasteiger partial charge in [-0.05, 0) is 25.5 Å². The molecular weight excluding hydrogens is 322 g/mol. The number of carbonyl (C=O) groups excluding carboxylic acids is 1. The summed E-state index contributed by atoms with van der Waals surface area (Å²) in [4.78, 5) is 29.7. The highest BCUT2D eigenvalue weighted by Crippen LogP contribution is 2.19. The highest BCUT2D eigenvalue weighted by Gasteiger charge is 2.19. The van der Waals surface area contributed by atoms with Crippen LogP contribution >= 0.6 is 11.3 Å². The van der Waals surface area contributed by atoms with Crippen molar-refractivity contribution in [3.05, 3.63) is 62.3 Å². The predicted octanol–water partition coefficient (Wildman–Crippen LogP) is 3.18. The number of pyridine rings is 1. The standard InChI is InChI=1S/C18H19N3O2S/c1-4-14(18-19-7-8-24-18)20-17(23)13-10-21(3)15-6-5-11(2)9-12(15)16(13)22/h5-10,14H,4H2,1-3H3,(H,20,23). The van der Waals surface area contributed by atoms with Crippen molar-refractivity contribution in [2.24, 2.45) is 7.05 Å². The van der Waals surface area contributed by atoms with E-state index in [2.05, 4.69) is 10.3 Å². The zero-order valence-corrected chi connectivity index (χ0v) is 14.7. The van der Waals surface area contributed by atoms with E-state index in [1.54, 1.807) is 12.4 Å². The lowest BCUT2D eigenvalue weighted by Gasteiger charge is -2.15. The highest BCUT2D eigenvalue weighted by molar-refractivity contribution is 7.09. The van der Waals surface area contributed by atoms with Gasteiger partial charge in [-0.3, -0.25) is 9.59 Å². The number of fused-ring (bicyclic) bond motifs is 1. The first-order valence-corrected chi connectivity index (χ1v) is 8.69. The third-order valence-corrected chi connectivity index (χ3v) is 4.94. The van der Waals surface area contributed by atoms with Crippen LogP contribution in [0.4, 0.5) is 0 Å². The van der Waals surface area contributed by atoms with Crippen LogP contribution in [0.1, 0.15) is 40.3 Å². The molecule has 0 aliphatic carbocycles. The maximum absolute atomic E-state index is 12.7. The van der Waals surface area contributed by atoms with Crippen molar-refractivity contribution in [2.45, 2.75) is 26.3 Å². The SMILES string of the molecule is CCC(NC(=O)c1cn(C)c2ccc(C)cc2c1=O)c1nccs1. The summed E-state index contributed by atoms with van der Waals surface area (Å²) in [5.41, 5.74) is 1.73. The Morgan fingerprint density at radius 1 is 1.42 bits per heavy atom. The van der Waals surface area contributed by atoms with Gasteiger partial charge in [0.05, 0.1) is 11.6 Å². The summed E-state index contributed by atoms with van der Waals surface area (Å²) in [6.07, 6.45) is 4.03. The fourth-order valence-corrected chi connectivity index (χ4v) is 3.52. The highest BCUT2D eigenvalue weighted by atomic mass is 32.1. The van der Waals surface area contributed by atoms with Crippen LogP contribution < -0.4 is 10.7 Å². The average molecular weight is 341 g/mol. The third-order valence-electron chi connectivity index (χ3n) is 4.05. The molecular formula is C18H19N3O2S. The van der Waals surface area contributed by atoms with Gasteiger partial charge in [0.2, 0.25) is 5.43 Å². The zero-order chi connectivity index (χ0) is 17.3. The quantitative estimate of drug-likeness (QED) is 0.793. The fraction of sp³-hybridized carbons (Fsp3) is 0.278. The van der Waals surface area contributed by atoms with E-state index < -0.39 is 0 Å². The Morgan fingerprint density at radius 3 is 2.88 bits per heavy atom. The van der Waals surface area contributed by atoms with E-state index in [4.69, 9.17) is 0 Å². The van der Waals surface area contributed by atoms with Crippen molar-refractivity contribution < 1.29 is 4.79 Å². The van der Waals surface area contributed by atoms with Crippen molar-refractivity contribution in [3.63, 3.8) is 0 Å². The average Bonchev–Trinajstić information content (AvgIpc) is 3.09. The maximum Gasteiger partial charge on any atom is 0.257 e. The molecule has 2 aromatic heterocycles. The van der Waals surface area contributed by atoms with Crippen molar-refractivity contribution >= 4 is 28.1 Å². The Kier molecular flexibility index (Phi) is 4.49. The number of thiazole rings is 1. The number of benzene rings is 1. The first kappa shape index (κ1) is 16.4. The Hall–Kier alpha value is -2.47. The minimum absolute atomic E-state index is 0.158. The van der Waals surface area contributed by atoms with Crippen molar-refractivity contribution in [2.75, 3.05) is 0 Å². The topological polar surface area (TPSA) is 64.0 Å². The second kappa shape index (κ2) is 6.57. The minimum Gasteiger partial charge on any atom is -0.350 e. The van der Waals surface area contributed by atoms with E-state index in [-0.39, 0.29) is 22.9 Å². The molecule has 1 unspecified atom stereocenters. The zero-order valence-electron chi connectivity index (χ0n) is 13.9. The number of hydrogen-bond donors (Lipinski definition) is 1. The Balaban J connectivity index is 2.01. The molecule has 1 amide bonds. The molecule has 5 nitrogen and oxygen atoms in total. The van der Waals surface area contributed by atoms with Gasteiger partial charge in [0.1, 0.15) is 10.6 Å². The lowest BCUT2D eigenvalue weighted by molar-refractivity contribution is 0.0934. The van der Waals surface area contributed by atoms with Crippen molar-refractivity contribution in [1.29, 1.82) is 0 Å². The molecule has 6 heteroatoms. The monoisotopic (exact) mass is 341 g/mol. The van der Waals surface area contributed by atoms with Gasteiger partial charge in [-0.15, -0.1) is 11.3 Å². The molecule has 3 aromatic rings. The predicted molar refractivity (Wildman–Crippen MR) is 96.5 cm³/mol. The second-order valence-electron chi connectivity index (χ2n) is 5.81. The van der Waals surface area contributed by atoms with E-state index in [1.807, 2.05) is 49.0 Å². The third kappa shape index (κ3) is 2.97. The molecule has 3 rings (SSSR count). The molecule has 0 spiro atoms. The van der Waals surface area contributed by atoms with Gasteiger partial charge >= 0.3 is 0 Å². The molecule has 0 saturated heterocycles. The number of amides is 1. The summed E-state index contributed by atoms with van der Waals surface area (Å²) >= 11 is 1.50. The normalized spacial score (nSPS) is 12.3. The van der Waals surface area contributed by atoms with Gasteiger partial charge in [0.15, 0.2) is 0 Å². The summed E-state index contributed by atoms with van der Waals surface area (Å²) < 4.78 is 1.81. The minimum atomic E-state index is -0.360. The first-order chi connectivity index (χ1) is 11.5. The largest absolute Gasteiger partial charge is 0.350 e. The molecule has 0 saturated carbocycles. The molecule has 124 valence electrons. The second-order valence-corrected chi connectivity index (χ2v) is 6.73. The van der Waals surface area contributed by atoms with E-state index in [0.29, 0.717) is 11.8 Å². The fourth-order valence-electron chi connectivity index (χ4n) is 2.75. The molecule has 0 fully saturated rings. The summed E-state index contributed by atoms with van der Waals surface area (Å²) in [6.45, 7) is 3.91. The van der Waals surface area contributed by atoms with Crippen molar-refractivity contribution in [3.8, 4) is 0 Å². The molecule has 0 aliphatic rings. The first-order valence-electron chi connectivity index (χ1n) is 7.81. The summed E-state index contributed by atoms with van der Waals surface area (Å²) in [7, 11) is 1.84. The molecule has 0 bridgehead atoms. The maximum atomic E-state index is 12.7. The molecule has 24 heavy (non-hydrogen) atoms. The van der Waals surface area contributed by atoms with Gasteiger partial charge in [0, 0.05) is 30.2 Å². The number of hydrogen-bond acceptors (Lipinski definition) is 4. The molecule has 0 aliphatic heterocycles. The van der Waals surface area contributed by atoms with Crippen LogP contribution in [0.2, 0.25) is 0 Å². The van der Waals surface area contributed by atoms with Crippen LogP contribution in [0.5, 0.6) is 0 Å². The number of carbonyl (C=O) groups is 1. The number of nitrogens with one attached hydrogen (secondary N) is 1. The van der Waals surface area contributed by atoms with Gasteiger partial charge < -0.3 is 9.88 Å². The molecule has 1 aromatic carbocycles. The van der Waals surface area contributed by atoms with E-state index >= 15 is 0 Å². The number of nitrogens with zero attached hydrogens (tertiary/aromatic N) is 2. The number of aromatic nitrogens is 2. The van der Waals surface area contributed by atoms with E-state index in [9.17, 15) is 9.59 Å². The lowest BCUT2D eigenvalue weighted by atomic mass is 10.1. The van der Waals surface area contributed by atoms with Gasteiger partial charge in [-0.25, -0.2) is 4.98 Å². The summed E-state index contributed by atoms with van der Waals surface area (Å²) in [5, 5.41) is 6.21. The Morgan fingerprint density at radius 2 is 2.21 bits per heavy atom. The van der Waals surface area contributed by atoms with Crippen LogP contribution in [-0.4, -0.2) is 15.5 Å². The Labute approximate surface area is 144 Å².